The highest BCUT2D eigenvalue weighted by molar-refractivity contribution is 5.92. The van der Waals surface area contributed by atoms with Crippen LogP contribution in [0, 0.1) is 13.8 Å². The van der Waals surface area contributed by atoms with Crippen molar-refractivity contribution in [2.75, 3.05) is 0 Å². The molecule has 1 unspecified atom stereocenters. The van der Waals surface area contributed by atoms with Crippen molar-refractivity contribution in [1.29, 1.82) is 0 Å². The molecule has 0 spiro atoms. The first-order valence-corrected chi connectivity index (χ1v) is 9.47. The number of nitrogens with one attached hydrogen (secondary N) is 1. The standard InChI is InChI=1S/C22H23N5O/c1-14(17-10-12-23-13-11-17)24-21(28)9-8-18-15(2)25-22-19-6-4-5-7-20(19)26-27(22)16(18)3/h4-7,10-14H,8-9H2,1-3H3,(H,24,28). The number of carbonyl (C=O) groups is 1. The van der Waals surface area contributed by atoms with Crippen LogP contribution in [0.5, 0.6) is 0 Å². The van der Waals surface area contributed by atoms with Gasteiger partial charge in [0, 0.05) is 35.6 Å². The average molecular weight is 373 g/mol. The first-order chi connectivity index (χ1) is 13.5. The molecule has 0 bridgehead atoms. The third-order valence-electron chi connectivity index (χ3n) is 5.20. The largest absolute Gasteiger partial charge is 0.350 e. The molecular formula is C22H23N5O. The third-order valence-corrected chi connectivity index (χ3v) is 5.20. The van der Waals surface area contributed by atoms with Crippen molar-refractivity contribution in [1.82, 2.24) is 24.9 Å². The van der Waals surface area contributed by atoms with Gasteiger partial charge in [-0.15, -0.1) is 0 Å². The molecule has 142 valence electrons. The fraction of sp³-hybridized carbons (Fsp3) is 0.273. The molecule has 0 saturated carbocycles. The van der Waals surface area contributed by atoms with Crippen LogP contribution in [-0.2, 0) is 11.2 Å². The Morgan fingerprint density at radius 3 is 2.68 bits per heavy atom. The number of carbonyl (C=O) groups excluding carboxylic acids is 1. The molecule has 0 saturated heterocycles. The minimum Gasteiger partial charge on any atom is -0.350 e. The molecule has 3 heterocycles. The van der Waals surface area contributed by atoms with E-state index in [2.05, 4.69) is 15.4 Å². The minimum absolute atomic E-state index is 0.0221. The molecule has 0 fully saturated rings. The van der Waals surface area contributed by atoms with Gasteiger partial charge in [0.15, 0.2) is 5.65 Å². The van der Waals surface area contributed by atoms with Crippen LogP contribution >= 0.6 is 0 Å². The van der Waals surface area contributed by atoms with E-state index < -0.39 is 0 Å². The predicted octanol–water partition coefficient (Wildman–Crippen LogP) is 3.70. The van der Waals surface area contributed by atoms with E-state index in [-0.39, 0.29) is 11.9 Å². The summed E-state index contributed by atoms with van der Waals surface area (Å²) in [5.41, 5.74) is 5.90. The Labute approximate surface area is 163 Å². The Kier molecular flexibility index (Phi) is 4.77. The van der Waals surface area contributed by atoms with Gasteiger partial charge in [-0.3, -0.25) is 9.78 Å². The SMILES string of the molecule is Cc1nc2c3ccccc3nn2c(C)c1CCC(=O)NC(C)c1ccncc1. The van der Waals surface area contributed by atoms with Crippen LogP contribution in [0.4, 0.5) is 0 Å². The summed E-state index contributed by atoms with van der Waals surface area (Å²) in [6, 6.07) is 11.8. The third kappa shape index (κ3) is 3.33. The Balaban J connectivity index is 1.53. The van der Waals surface area contributed by atoms with E-state index in [4.69, 9.17) is 4.98 Å². The van der Waals surface area contributed by atoms with E-state index in [1.165, 1.54) is 0 Å². The average Bonchev–Trinajstić information content (AvgIpc) is 3.07. The number of fused-ring (bicyclic) bond motifs is 3. The predicted molar refractivity (Wildman–Crippen MR) is 109 cm³/mol. The second-order valence-electron chi connectivity index (χ2n) is 7.08. The molecule has 0 aliphatic heterocycles. The van der Waals surface area contributed by atoms with Gasteiger partial charge in [-0.2, -0.15) is 5.10 Å². The molecule has 1 N–H and O–H groups in total. The van der Waals surface area contributed by atoms with Crippen LogP contribution in [-0.4, -0.2) is 25.5 Å². The lowest BCUT2D eigenvalue weighted by Crippen LogP contribution is -2.27. The van der Waals surface area contributed by atoms with Gasteiger partial charge >= 0.3 is 0 Å². The van der Waals surface area contributed by atoms with Crippen LogP contribution in [0.2, 0.25) is 0 Å². The lowest BCUT2D eigenvalue weighted by Gasteiger charge is -2.15. The fourth-order valence-corrected chi connectivity index (χ4v) is 3.63. The quantitative estimate of drug-likeness (QED) is 0.579. The Morgan fingerprint density at radius 1 is 1.14 bits per heavy atom. The molecular weight excluding hydrogens is 350 g/mol. The van der Waals surface area contributed by atoms with Crippen molar-refractivity contribution < 1.29 is 4.79 Å². The maximum absolute atomic E-state index is 12.5. The Bertz CT molecular complexity index is 1150. The van der Waals surface area contributed by atoms with Gasteiger partial charge in [0.05, 0.1) is 11.6 Å². The molecule has 28 heavy (non-hydrogen) atoms. The Hall–Kier alpha value is -3.28. The smallest absolute Gasteiger partial charge is 0.220 e. The maximum atomic E-state index is 12.5. The summed E-state index contributed by atoms with van der Waals surface area (Å²) in [7, 11) is 0. The first-order valence-electron chi connectivity index (χ1n) is 9.47. The number of pyridine rings is 1. The first kappa shape index (κ1) is 18.1. The van der Waals surface area contributed by atoms with E-state index in [0.29, 0.717) is 12.8 Å². The molecule has 1 atom stereocenters. The molecule has 4 rings (SSSR count). The van der Waals surface area contributed by atoms with Gasteiger partial charge in [-0.25, -0.2) is 9.50 Å². The summed E-state index contributed by atoms with van der Waals surface area (Å²) in [5, 5.41) is 8.78. The van der Waals surface area contributed by atoms with Crippen LogP contribution in [0.1, 0.15) is 41.9 Å². The van der Waals surface area contributed by atoms with Crippen molar-refractivity contribution in [2.45, 2.75) is 39.7 Å². The van der Waals surface area contributed by atoms with Crippen molar-refractivity contribution in [2.24, 2.45) is 0 Å². The van der Waals surface area contributed by atoms with Gasteiger partial charge in [0.2, 0.25) is 5.91 Å². The van der Waals surface area contributed by atoms with Crippen molar-refractivity contribution in [3.8, 4) is 0 Å². The van der Waals surface area contributed by atoms with Crippen LogP contribution in [0.15, 0.2) is 48.8 Å². The molecule has 0 aliphatic rings. The summed E-state index contributed by atoms with van der Waals surface area (Å²) >= 11 is 0. The summed E-state index contributed by atoms with van der Waals surface area (Å²) in [5.74, 6) is 0.0221. The number of benzene rings is 1. The number of aryl methyl sites for hydroxylation is 2. The minimum atomic E-state index is -0.0466. The number of hydrogen-bond acceptors (Lipinski definition) is 4. The van der Waals surface area contributed by atoms with Crippen molar-refractivity contribution >= 4 is 22.5 Å². The molecule has 0 aliphatic carbocycles. The second kappa shape index (κ2) is 7.38. The number of nitrogens with zero attached hydrogens (tertiary/aromatic N) is 4. The van der Waals surface area contributed by atoms with Crippen molar-refractivity contribution in [3.05, 3.63) is 71.3 Å². The lowest BCUT2D eigenvalue weighted by atomic mass is 10.1. The molecule has 0 radical (unpaired) electrons. The van der Waals surface area contributed by atoms with E-state index in [0.717, 1.165) is 39.1 Å². The molecule has 3 aromatic heterocycles. The fourth-order valence-electron chi connectivity index (χ4n) is 3.63. The highest BCUT2D eigenvalue weighted by Crippen LogP contribution is 2.23. The van der Waals surface area contributed by atoms with Gasteiger partial charge in [-0.1, -0.05) is 12.1 Å². The number of aromatic nitrogens is 4. The monoisotopic (exact) mass is 373 g/mol. The zero-order chi connectivity index (χ0) is 19.7. The maximum Gasteiger partial charge on any atom is 0.220 e. The van der Waals surface area contributed by atoms with E-state index in [1.54, 1.807) is 12.4 Å². The van der Waals surface area contributed by atoms with Crippen LogP contribution in [0.3, 0.4) is 0 Å². The van der Waals surface area contributed by atoms with E-state index >= 15 is 0 Å². The molecule has 6 nitrogen and oxygen atoms in total. The summed E-state index contributed by atoms with van der Waals surface area (Å²) in [6.07, 6.45) is 4.51. The van der Waals surface area contributed by atoms with Crippen LogP contribution < -0.4 is 5.32 Å². The summed E-state index contributed by atoms with van der Waals surface area (Å²) in [6.45, 7) is 6.02. The van der Waals surface area contributed by atoms with Gasteiger partial charge in [0.25, 0.3) is 0 Å². The number of hydrogen-bond donors (Lipinski definition) is 1. The normalized spacial score (nSPS) is 12.4. The van der Waals surface area contributed by atoms with Crippen LogP contribution in [0.25, 0.3) is 16.6 Å². The van der Waals surface area contributed by atoms with Gasteiger partial charge in [-0.05, 0) is 62.6 Å². The topological polar surface area (TPSA) is 72.2 Å². The molecule has 1 amide bonds. The molecule has 6 heteroatoms. The van der Waals surface area contributed by atoms with E-state index in [9.17, 15) is 4.79 Å². The number of rotatable bonds is 5. The molecule has 1 aromatic carbocycles. The van der Waals surface area contributed by atoms with E-state index in [1.807, 2.05) is 61.7 Å². The number of amides is 1. The molecule has 4 aromatic rings. The second-order valence-corrected chi connectivity index (χ2v) is 7.08. The summed E-state index contributed by atoms with van der Waals surface area (Å²) in [4.78, 5) is 21.2. The highest BCUT2D eigenvalue weighted by Gasteiger charge is 2.16. The van der Waals surface area contributed by atoms with Gasteiger partial charge in [0.1, 0.15) is 0 Å². The van der Waals surface area contributed by atoms with Gasteiger partial charge < -0.3 is 5.32 Å². The lowest BCUT2D eigenvalue weighted by molar-refractivity contribution is -0.121. The highest BCUT2D eigenvalue weighted by atomic mass is 16.1. The Morgan fingerprint density at radius 2 is 1.89 bits per heavy atom. The zero-order valence-electron chi connectivity index (χ0n) is 16.3. The summed E-state index contributed by atoms with van der Waals surface area (Å²) < 4.78 is 1.89. The zero-order valence-corrected chi connectivity index (χ0v) is 16.3. The van der Waals surface area contributed by atoms with Crippen molar-refractivity contribution in [3.63, 3.8) is 0 Å².